The van der Waals surface area contributed by atoms with Crippen LogP contribution in [-0.2, 0) is 4.79 Å². The maximum atomic E-state index is 10.9. The fourth-order valence-electron chi connectivity index (χ4n) is 1.63. The van der Waals surface area contributed by atoms with E-state index in [2.05, 4.69) is 5.16 Å². The van der Waals surface area contributed by atoms with E-state index in [9.17, 15) is 15.0 Å². The molecule has 80 valence electrons. The summed E-state index contributed by atoms with van der Waals surface area (Å²) in [4.78, 5) is 10.9. The van der Waals surface area contributed by atoms with Gasteiger partial charge in [-0.15, -0.1) is 0 Å². The van der Waals surface area contributed by atoms with Gasteiger partial charge in [-0.25, -0.2) is 0 Å². The largest absolute Gasteiger partial charge is 0.481 e. The van der Waals surface area contributed by atoms with Crippen molar-refractivity contribution in [2.75, 3.05) is 0 Å². The van der Waals surface area contributed by atoms with Crippen LogP contribution in [0.25, 0.3) is 0 Å². The van der Waals surface area contributed by atoms with Crippen molar-refractivity contribution in [1.82, 2.24) is 0 Å². The molecule has 6 heteroatoms. The van der Waals surface area contributed by atoms with Crippen LogP contribution in [0.15, 0.2) is 5.16 Å². The minimum atomic E-state index is -1.27. The van der Waals surface area contributed by atoms with Gasteiger partial charge >= 0.3 is 5.97 Å². The average molecular weight is 203 g/mol. The number of rotatable bonds is 1. The zero-order chi connectivity index (χ0) is 10.9. The van der Waals surface area contributed by atoms with Gasteiger partial charge in [-0.1, -0.05) is 5.16 Å². The first-order valence-corrected chi connectivity index (χ1v) is 4.21. The van der Waals surface area contributed by atoms with Crippen molar-refractivity contribution >= 4 is 11.7 Å². The van der Waals surface area contributed by atoms with E-state index in [1.165, 1.54) is 6.92 Å². The molecule has 0 aliphatic heterocycles. The quantitative estimate of drug-likeness (QED) is 0.336. The predicted octanol–water partition coefficient (Wildman–Crippen LogP) is -0.577. The van der Waals surface area contributed by atoms with Gasteiger partial charge in [0, 0.05) is 6.42 Å². The van der Waals surface area contributed by atoms with E-state index >= 15 is 0 Å². The summed E-state index contributed by atoms with van der Waals surface area (Å²) in [5, 5.41) is 38.9. The topological polar surface area (TPSA) is 110 Å². The molecule has 0 unspecified atom stereocenters. The summed E-state index contributed by atoms with van der Waals surface area (Å²) >= 11 is 0. The van der Waals surface area contributed by atoms with Gasteiger partial charge in [-0.3, -0.25) is 4.79 Å². The van der Waals surface area contributed by atoms with E-state index in [0.717, 1.165) is 0 Å². The van der Waals surface area contributed by atoms with Crippen LogP contribution in [0, 0.1) is 5.41 Å². The Labute approximate surface area is 80.5 Å². The number of nitrogens with zero attached hydrogens (tertiary/aromatic N) is 1. The van der Waals surface area contributed by atoms with Crippen molar-refractivity contribution in [1.29, 1.82) is 0 Å². The second-order valence-corrected chi connectivity index (χ2v) is 3.85. The lowest BCUT2D eigenvalue weighted by atomic mass is 9.72. The summed E-state index contributed by atoms with van der Waals surface area (Å²) in [6, 6.07) is 0. The number of carbonyl (C=O) groups is 1. The molecule has 0 aromatic heterocycles. The number of oxime groups is 1. The Morgan fingerprint density at radius 2 is 2.14 bits per heavy atom. The highest BCUT2D eigenvalue weighted by molar-refractivity contribution is 5.94. The molecule has 0 saturated heterocycles. The maximum Gasteiger partial charge on any atom is 0.309 e. The molecular weight excluding hydrogens is 190 g/mol. The minimum Gasteiger partial charge on any atom is -0.481 e. The first-order valence-electron chi connectivity index (χ1n) is 4.21. The molecule has 0 aromatic rings. The second kappa shape index (κ2) is 3.55. The van der Waals surface area contributed by atoms with E-state index in [1.807, 2.05) is 0 Å². The van der Waals surface area contributed by atoms with Crippen molar-refractivity contribution < 1.29 is 25.3 Å². The predicted molar refractivity (Wildman–Crippen MR) is 46.2 cm³/mol. The van der Waals surface area contributed by atoms with E-state index in [4.69, 9.17) is 10.3 Å². The zero-order valence-electron chi connectivity index (χ0n) is 7.71. The molecule has 4 N–H and O–H groups in total. The second-order valence-electron chi connectivity index (χ2n) is 3.85. The van der Waals surface area contributed by atoms with Crippen LogP contribution in [0.2, 0.25) is 0 Å². The third-order valence-electron chi connectivity index (χ3n) is 2.58. The molecule has 3 atom stereocenters. The normalized spacial score (nSPS) is 41.2. The van der Waals surface area contributed by atoms with Gasteiger partial charge < -0.3 is 20.5 Å². The Morgan fingerprint density at radius 3 is 2.57 bits per heavy atom. The monoisotopic (exact) mass is 203 g/mol. The summed E-state index contributed by atoms with van der Waals surface area (Å²) in [5.41, 5.74) is -1.27. The van der Waals surface area contributed by atoms with E-state index < -0.39 is 23.6 Å². The number of aliphatic hydroxyl groups is 2. The molecule has 0 spiro atoms. The zero-order valence-corrected chi connectivity index (χ0v) is 7.71. The van der Waals surface area contributed by atoms with Gasteiger partial charge in [0.05, 0.1) is 17.2 Å². The standard InChI is InChI=1S/C8H13NO5/c1-8(7(12)13)2-4(9-14)6(11)5(10)3-8/h5-6,10-11,14H,2-3H2,1H3,(H,12,13)/b9-4+/t5-,6-,8-/m1/s1. The Hall–Kier alpha value is -1.14. The molecule has 1 aliphatic rings. The Kier molecular flexibility index (Phi) is 2.77. The van der Waals surface area contributed by atoms with Gasteiger partial charge in [0.1, 0.15) is 6.10 Å². The Morgan fingerprint density at radius 1 is 1.57 bits per heavy atom. The molecule has 6 nitrogen and oxygen atoms in total. The molecule has 1 fully saturated rings. The van der Waals surface area contributed by atoms with Gasteiger partial charge in [-0.2, -0.15) is 0 Å². The lowest BCUT2D eigenvalue weighted by Gasteiger charge is -2.35. The number of carboxylic acid groups (broad SMARTS) is 1. The third kappa shape index (κ3) is 1.71. The Balaban J connectivity index is 2.93. The third-order valence-corrected chi connectivity index (χ3v) is 2.58. The highest BCUT2D eigenvalue weighted by atomic mass is 16.4. The van der Waals surface area contributed by atoms with Crippen LogP contribution in [-0.4, -0.2) is 44.4 Å². The summed E-state index contributed by atoms with van der Waals surface area (Å²) in [7, 11) is 0. The highest BCUT2D eigenvalue weighted by Crippen LogP contribution is 2.35. The van der Waals surface area contributed by atoms with Crippen molar-refractivity contribution in [3.63, 3.8) is 0 Å². The SMILES string of the molecule is C[C@@]1(C(=O)O)C/C(=N\O)[C@@H](O)[C@H](O)C1. The average Bonchev–Trinajstić information content (AvgIpc) is 2.11. The van der Waals surface area contributed by atoms with Gasteiger partial charge in [0.25, 0.3) is 0 Å². The van der Waals surface area contributed by atoms with E-state index in [1.54, 1.807) is 0 Å². The molecule has 0 bridgehead atoms. The van der Waals surface area contributed by atoms with E-state index in [-0.39, 0.29) is 18.6 Å². The first kappa shape index (κ1) is 10.9. The van der Waals surface area contributed by atoms with Crippen LogP contribution in [0.3, 0.4) is 0 Å². The molecule has 0 aromatic carbocycles. The fourth-order valence-corrected chi connectivity index (χ4v) is 1.63. The number of hydrogen-bond acceptors (Lipinski definition) is 5. The lowest BCUT2D eigenvalue weighted by molar-refractivity contribution is -0.151. The fraction of sp³-hybridized carbons (Fsp3) is 0.750. The van der Waals surface area contributed by atoms with Crippen molar-refractivity contribution in [3.05, 3.63) is 0 Å². The van der Waals surface area contributed by atoms with E-state index in [0.29, 0.717) is 0 Å². The van der Waals surface area contributed by atoms with Crippen LogP contribution in [0.4, 0.5) is 0 Å². The molecule has 14 heavy (non-hydrogen) atoms. The lowest BCUT2D eigenvalue weighted by Crippen LogP contribution is -2.48. The van der Waals surface area contributed by atoms with Crippen molar-refractivity contribution in [2.24, 2.45) is 10.6 Å². The molecule has 0 radical (unpaired) electrons. The minimum absolute atomic E-state index is 0.0531. The van der Waals surface area contributed by atoms with Crippen LogP contribution >= 0.6 is 0 Å². The molecule has 1 aliphatic carbocycles. The number of carboxylic acids is 1. The number of aliphatic hydroxyl groups excluding tert-OH is 2. The van der Waals surface area contributed by atoms with Crippen LogP contribution in [0.5, 0.6) is 0 Å². The summed E-state index contributed by atoms with van der Waals surface area (Å²) in [5.74, 6) is -1.08. The Bertz CT molecular complexity index is 277. The molecule has 0 amide bonds. The van der Waals surface area contributed by atoms with Gasteiger partial charge in [0.2, 0.25) is 0 Å². The van der Waals surface area contributed by atoms with Crippen LogP contribution < -0.4 is 0 Å². The molecule has 1 rings (SSSR count). The molecular formula is C8H13NO5. The molecule has 0 heterocycles. The summed E-state index contributed by atoms with van der Waals surface area (Å²) in [6.45, 7) is 1.44. The number of aliphatic carboxylic acids is 1. The van der Waals surface area contributed by atoms with Gasteiger partial charge in [-0.05, 0) is 13.3 Å². The smallest absolute Gasteiger partial charge is 0.309 e. The summed E-state index contributed by atoms with van der Waals surface area (Å²) in [6.07, 6.45) is -2.58. The molecule has 1 saturated carbocycles. The van der Waals surface area contributed by atoms with Crippen molar-refractivity contribution in [2.45, 2.75) is 32.0 Å². The van der Waals surface area contributed by atoms with Crippen molar-refractivity contribution in [3.8, 4) is 0 Å². The maximum absolute atomic E-state index is 10.9. The van der Waals surface area contributed by atoms with Gasteiger partial charge in [0.15, 0.2) is 0 Å². The van der Waals surface area contributed by atoms with Crippen LogP contribution in [0.1, 0.15) is 19.8 Å². The number of hydrogen-bond donors (Lipinski definition) is 4. The first-order chi connectivity index (χ1) is 6.40. The highest BCUT2D eigenvalue weighted by Gasteiger charge is 2.45. The summed E-state index contributed by atoms with van der Waals surface area (Å²) < 4.78 is 0.